The number of aromatic nitrogens is 2. The third-order valence-corrected chi connectivity index (χ3v) is 2.46. The SMILES string of the molecule is C[Si](C)(C)C#Cc1ncnc(N)c1[N+](=O)[O-]. The number of nitro groups is 1. The summed E-state index contributed by atoms with van der Waals surface area (Å²) >= 11 is 0. The van der Waals surface area contributed by atoms with Gasteiger partial charge in [0.2, 0.25) is 5.82 Å². The van der Waals surface area contributed by atoms with Gasteiger partial charge in [-0.15, -0.1) is 5.54 Å². The fourth-order valence-electron chi connectivity index (χ4n) is 0.911. The Hall–Kier alpha value is -1.94. The number of hydrogen-bond donors (Lipinski definition) is 1. The van der Waals surface area contributed by atoms with Crippen LogP contribution in [-0.4, -0.2) is 23.0 Å². The van der Waals surface area contributed by atoms with Gasteiger partial charge in [-0.05, 0) is 5.92 Å². The lowest BCUT2D eigenvalue weighted by Crippen LogP contribution is -2.16. The molecule has 0 saturated carbocycles. The molecule has 0 bridgehead atoms. The van der Waals surface area contributed by atoms with E-state index in [2.05, 4.69) is 21.4 Å². The third kappa shape index (κ3) is 3.03. The molecule has 0 saturated heterocycles. The standard InChI is InChI=1S/C9H12N4O2Si/c1-16(2,3)5-4-7-8(13(14)15)9(10)12-6-11-7/h6H,1-3H3,(H2,10,11,12). The van der Waals surface area contributed by atoms with Gasteiger partial charge in [0.15, 0.2) is 5.69 Å². The van der Waals surface area contributed by atoms with E-state index in [0.717, 1.165) is 0 Å². The molecule has 0 aliphatic rings. The van der Waals surface area contributed by atoms with Crippen LogP contribution in [0.1, 0.15) is 5.69 Å². The summed E-state index contributed by atoms with van der Waals surface area (Å²) in [4.78, 5) is 17.5. The summed E-state index contributed by atoms with van der Waals surface area (Å²) in [5, 5.41) is 10.8. The van der Waals surface area contributed by atoms with Gasteiger partial charge in [0.1, 0.15) is 14.4 Å². The van der Waals surface area contributed by atoms with E-state index in [9.17, 15) is 10.1 Å². The topological polar surface area (TPSA) is 94.9 Å². The first-order valence-corrected chi connectivity index (χ1v) is 8.09. The van der Waals surface area contributed by atoms with E-state index >= 15 is 0 Å². The number of hydrogen-bond acceptors (Lipinski definition) is 5. The Labute approximate surface area is 94.1 Å². The van der Waals surface area contributed by atoms with Gasteiger partial charge >= 0.3 is 5.69 Å². The van der Waals surface area contributed by atoms with E-state index < -0.39 is 13.0 Å². The van der Waals surface area contributed by atoms with E-state index in [-0.39, 0.29) is 17.2 Å². The Kier molecular flexibility index (Phi) is 3.24. The van der Waals surface area contributed by atoms with Gasteiger partial charge in [0, 0.05) is 0 Å². The molecule has 0 radical (unpaired) electrons. The number of rotatable bonds is 1. The maximum atomic E-state index is 10.8. The van der Waals surface area contributed by atoms with Gasteiger partial charge in [-0.1, -0.05) is 19.6 Å². The van der Waals surface area contributed by atoms with Crippen LogP contribution in [0, 0.1) is 21.6 Å². The highest BCUT2D eigenvalue weighted by Crippen LogP contribution is 2.20. The first-order valence-electron chi connectivity index (χ1n) is 4.59. The van der Waals surface area contributed by atoms with Crippen LogP contribution in [0.2, 0.25) is 19.6 Å². The Balaban J connectivity index is 3.28. The van der Waals surface area contributed by atoms with E-state index in [1.807, 2.05) is 19.6 Å². The molecule has 0 atom stereocenters. The summed E-state index contributed by atoms with van der Waals surface area (Å²) in [6.07, 6.45) is 1.18. The van der Waals surface area contributed by atoms with Crippen molar-refractivity contribution in [2.24, 2.45) is 0 Å². The normalized spacial score (nSPS) is 10.4. The molecule has 84 valence electrons. The van der Waals surface area contributed by atoms with Crippen LogP contribution in [0.3, 0.4) is 0 Å². The van der Waals surface area contributed by atoms with Crippen LogP contribution < -0.4 is 5.73 Å². The Bertz CT molecular complexity index is 485. The van der Waals surface area contributed by atoms with Crippen LogP contribution in [-0.2, 0) is 0 Å². The molecule has 0 spiro atoms. The fraction of sp³-hybridized carbons (Fsp3) is 0.333. The number of nitrogen functional groups attached to an aromatic ring is 1. The van der Waals surface area contributed by atoms with Crippen molar-refractivity contribution in [3.63, 3.8) is 0 Å². The minimum Gasteiger partial charge on any atom is -0.378 e. The summed E-state index contributed by atoms with van der Waals surface area (Å²) in [5.74, 6) is 2.56. The van der Waals surface area contributed by atoms with E-state index in [4.69, 9.17) is 5.73 Å². The maximum Gasteiger partial charge on any atom is 0.345 e. The zero-order valence-electron chi connectivity index (χ0n) is 9.31. The predicted octanol–water partition coefficient (Wildman–Crippen LogP) is 1.20. The second-order valence-electron chi connectivity index (χ2n) is 4.21. The molecule has 1 rings (SSSR count). The van der Waals surface area contributed by atoms with E-state index in [0.29, 0.717) is 0 Å². The first-order chi connectivity index (χ1) is 7.31. The molecule has 0 amide bonds. The molecule has 1 aromatic heterocycles. The molecule has 0 aliphatic heterocycles. The molecule has 7 heteroatoms. The van der Waals surface area contributed by atoms with Crippen LogP contribution in [0.5, 0.6) is 0 Å². The average molecular weight is 236 g/mol. The van der Waals surface area contributed by atoms with Gasteiger partial charge in [0.05, 0.1) is 4.92 Å². The molecular formula is C9H12N4O2Si. The summed E-state index contributed by atoms with van der Waals surface area (Å²) in [6.45, 7) is 6.11. The third-order valence-electron chi connectivity index (χ3n) is 1.59. The molecule has 0 aliphatic carbocycles. The van der Waals surface area contributed by atoms with Crippen LogP contribution in [0.15, 0.2) is 6.33 Å². The van der Waals surface area contributed by atoms with Gasteiger partial charge in [-0.25, -0.2) is 9.97 Å². The highest BCUT2D eigenvalue weighted by atomic mass is 28.3. The smallest absolute Gasteiger partial charge is 0.345 e. The Morgan fingerprint density at radius 1 is 1.44 bits per heavy atom. The molecule has 0 fully saturated rings. The zero-order valence-corrected chi connectivity index (χ0v) is 10.3. The highest BCUT2D eigenvalue weighted by Gasteiger charge is 2.19. The molecule has 2 N–H and O–H groups in total. The number of nitrogens with two attached hydrogens (primary N) is 1. The van der Waals surface area contributed by atoms with E-state index in [1.54, 1.807) is 0 Å². The van der Waals surface area contributed by atoms with Crippen molar-refractivity contribution in [2.75, 3.05) is 5.73 Å². The van der Waals surface area contributed by atoms with Gasteiger partial charge in [0.25, 0.3) is 0 Å². The fourth-order valence-corrected chi connectivity index (χ4v) is 1.40. The minimum atomic E-state index is -1.60. The lowest BCUT2D eigenvalue weighted by Gasteiger charge is -2.03. The number of anilines is 1. The van der Waals surface area contributed by atoms with Gasteiger partial charge in [-0.2, -0.15) is 0 Å². The van der Waals surface area contributed by atoms with Crippen molar-refractivity contribution >= 4 is 19.6 Å². The largest absolute Gasteiger partial charge is 0.378 e. The van der Waals surface area contributed by atoms with Crippen molar-refractivity contribution < 1.29 is 4.92 Å². The Morgan fingerprint density at radius 3 is 2.56 bits per heavy atom. The second kappa shape index (κ2) is 4.28. The van der Waals surface area contributed by atoms with Crippen LogP contribution >= 0.6 is 0 Å². The summed E-state index contributed by atoms with van der Waals surface area (Å²) in [6, 6.07) is 0. The zero-order chi connectivity index (χ0) is 12.3. The van der Waals surface area contributed by atoms with Gasteiger partial charge in [-0.3, -0.25) is 10.1 Å². The molecule has 1 heterocycles. The van der Waals surface area contributed by atoms with E-state index in [1.165, 1.54) is 6.33 Å². The second-order valence-corrected chi connectivity index (χ2v) is 8.96. The lowest BCUT2D eigenvalue weighted by molar-refractivity contribution is -0.384. The monoisotopic (exact) mass is 236 g/mol. The minimum absolute atomic E-state index is 0.0833. The summed E-state index contributed by atoms with van der Waals surface area (Å²) < 4.78 is 0. The lowest BCUT2D eigenvalue weighted by atomic mass is 10.3. The van der Waals surface area contributed by atoms with Crippen molar-refractivity contribution in [2.45, 2.75) is 19.6 Å². The Morgan fingerprint density at radius 2 is 2.06 bits per heavy atom. The van der Waals surface area contributed by atoms with Crippen LogP contribution in [0.25, 0.3) is 0 Å². The molecule has 6 nitrogen and oxygen atoms in total. The predicted molar refractivity (Wildman–Crippen MR) is 63.3 cm³/mol. The summed E-state index contributed by atoms with van der Waals surface area (Å²) in [5.41, 5.74) is 8.18. The molecule has 16 heavy (non-hydrogen) atoms. The maximum absolute atomic E-state index is 10.8. The first kappa shape index (κ1) is 12.1. The van der Waals surface area contributed by atoms with Crippen molar-refractivity contribution in [1.82, 2.24) is 9.97 Å². The van der Waals surface area contributed by atoms with Crippen LogP contribution in [0.4, 0.5) is 11.5 Å². The summed E-state index contributed by atoms with van der Waals surface area (Å²) in [7, 11) is -1.60. The molecule has 0 aromatic carbocycles. The quantitative estimate of drug-likeness (QED) is 0.342. The highest BCUT2D eigenvalue weighted by molar-refractivity contribution is 6.83. The van der Waals surface area contributed by atoms with Crippen molar-refractivity contribution in [3.8, 4) is 11.5 Å². The molecule has 1 aromatic rings. The van der Waals surface area contributed by atoms with Gasteiger partial charge < -0.3 is 5.73 Å². The number of nitrogens with zero attached hydrogens (tertiary/aromatic N) is 3. The van der Waals surface area contributed by atoms with Crippen molar-refractivity contribution in [3.05, 3.63) is 22.1 Å². The molecular weight excluding hydrogens is 224 g/mol. The molecule has 0 unspecified atom stereocenters. The van der Waals surface area contributed by atoms with Crippen molar-refractivity contribution in [1.29, 1.82) is 0 Å². The average Bonchev–Trinajstić information content (AvgIpc) is 2.12.